The SMILES string of the molecule is C=CCC1=C[C@@H](OC(=O)c2ccccc2)CCC1=O. The Labute approximate surface area is 112 Å². The van der Waals surface area contributed by atoms with Crippen LogP contribution in [0.15, 0.2) is 54.6 Å². The largest absolute Gasteiger partial charge is 0.455 e. The summed E-state index contributed by atoms with van der Waals surface area (Å²) in [5, 5.41) is 0. The first-order valence-corrected chi connectivity index (χ1v) is 6.31. The van der Waals surface area contributed by atoms with Crippen LogP contribution in [-0.2, 0) is 9.53 Å². The molecule has 0 aromatic heterocycles. The van der Waals surface area contributed by atoms with Crippen LogP contribution in [0, 0.1) is 0 Å². The van der Waals surface area contributed by atoms with E-state index in [1.807, 2.05) is 6.07 Å². The van der Waals surface area contributed by atoms with Crippen molar-refractivity contribution in [2.75, 3.05) is 0 Å². The van der Waals surface area contributed by atoms with Gasteiger partial charge in [-0.2, -0.15) is 0 Å². The topological polar surface area (TPSA) is 43.4 Å². The average Bonchev–Trinajstić information content (AvgIpc) is 2.44. The molecule has 0 aliphatic heterocycles. The third kappa shape index (κ3) is 3.41. The number of rotatable bonds is 4. The van der Waals surface area contributed by atoms with E-state index in [0.717, 1.165) is 0 Å². The fourth-order valence-corrected chi connectivity index (χ4v) is 2.04. The summed E-state index contributed by atoms with van der Waals surface area (Å²) in [4.78, 5) is 23.5. The van der Waals surface area contributed by atoms with Crippen molar-refractivity contribution in [3.8, 4) is 0 Å². The lowest BCUT2D eigenvalue weighted by Crippen LogP contribution is -2.23. The first-order valence-electron chi connectivity index (χ1n) is 6.31. The first-order chi connectivity index (χ1) is 9.20. The fraction of sp³-hybridized carbons (Fsp3) is 0.250. The molecule has 0 amide bonds. The molecule has 3 heteroatoms. The molecule has 1 atom stereocenters. The Morgan fingerprint density at radius 2 is 2.11 bits per heavy atom. The van der Waals surface area contributed by atoms with Gasteiger partial charge in [0.1, 0.15) is 6.10 Å². The molecular weight excluding hydrogens is 240 g/mol. The van der Waals surface area contributed by atoms with Gasteiger partial charge in [-0.15, -0.1) is 6.58 Å². The van der Waals surface area contributed by atoms with E-state index in [0.29, 0.717) is 30.4 Å². The molecule has 1 aromatic carbocycles. The van der Waals surface area contributed by atoms with Crippen LogP contribution in [0.5, 0.6) is 0 Å². The minimum atomic E-state index is -0.353. The predicted molar refractivity (Wildman–Crippen MR) is 72.8 cm³/mol. The van der Waals surface area contributed by atoms with Crippen LogP contribution in [0.25, 0.3) is 0 Å². The predicted octanol–water partition coefficient (Wildman–Crippen LogP) is 3.08. The van der Waals surface area contributed by atoms with E-state index in [1.54, 1.807) is 36.4 Å². The number of hydrogen-bond acceptors (Lipinski definition) is 3. The molecule has 0 radical (unpaired) electrons. The van der Waals surface area contributed by atoms with E-state index in [-0.39, 0.29) is 17.9 Å². The molecule has 19 heavy (non-hydrogen) atoms. The van der Waals surface area contributed by atoms with Gasteiger partial charge in [0, 0.05) is 6.42 Å². The van der Waals surface area contributed by atoms with E-state index in [2.05, 4.69) is 6.58 Å². The zero-order chi connectivity index (χ0) is 13.7. The normalized spacial score (nSPS) is 18.6. The van der Waals surface area contributed by atoms with Gasteiger partial charge in [0.25, 0.3) is 0 Å². The third-order valence-electron chi connectivity index (χ3n) is 3.03. The van der Waals surface area contributed by atoms with Gasteiger partial charge in [0.2, 0.25) is 0 Å². The van der Waals surface area contributed by atoms with Crippen molar-refractivity contribution >= 4 is 11.8 Å². The maximum Gasteiger partial charge on any atom is 0.338 e. The molecule has 0 heterocycles. The van der Waals surface area contributed by atoms with Crippen molar-refractivity contribution in [1.29, 1.82) is 0 Å². The van der Waals surface area contributed by atoms with E-state index in [9.17, 15) is 9.59 Å². The van der Waals surface area contributed by atoms with Gasteiger partial charge in [-0.25, -0.2) is 4.79 Å². The molecule has 0 spiro atoms. The van der Waals surface area contributed by atoms with Gasteiger partial charge in [0.15, 0.2) is 5.78 Å². The maximum atomic E-state index is 11.9. The Morgan fingerprint density at radius 1 is 1.37 bits per heavy atom. The van der Waals surface area contributed by atoms with Crippen molar-refractivity contribution in [3.05, 3.63) is 60.2 Å². The van der Waals surface area contributed by atoms with Crippen molar-refractivity contribution < 1.29 is 14.3 Å². The molecule has 0 unspecified atom stereocenters. The second kappa shape index (κ2) is 6.14. The molecule has 98 valence electrons. The highest BCUT2D eigenvalue weighted by Gasteiger charge is 2.22. The minimum Gasteiger partial charge on any atom is -0.455 e. The lowest BCUT2D eigenvalue weighted by Gasteiger charge is -2.20. The second-order valence-corrected chi connectivity index (χ2v) is 4.46. The van der Waals surface area contributed by atoms with Crippen molar-refractivity contribution in [2.45, 2.75) is 25.4 Å². The molecule has 1 aliphatic carbocycles. The number of Topliss-reactive ketones (excluding diaryl/α,β-unsaturated/α-hetero) is 1. The standard InChI is InChI=1S/C16H16O3/c1-2-6-13-11-14(9-10-15(13)17)19-16(18)12-7-4-3-5-8-12/h2-5,7-8,11,14H,1,6,9-10H2/t14-/m0/s1. The number of ether oxygens (including phenoxy) is 1. The van der Waals surface area contributed by atoms with Crippen LogP contribution in [0.3, 0.4) is 0 Å². The highest BCUT2D eigenvalue weighted by molar-refractivity contribution is 5.96. The Balaban J connectivity index is 2.05. The molecule has 2 rings (SSSR count). The number of carbonyl (C=O) groups is 2. The Hall–Kier alpha value is -2.16. The average molecular weight is 256 g/mol. The number of carbonyl (C=O) groups excluding carboxylic acids is 2. The first kappa shape index (κ1) is 13.3. The fourth-order valence-electron chi connectivity index (χ4n) is 2.04. The molecule has 1 aliphatic rings. The zero-order valence-electron chi connectivity index (χ0n) is 10.7. The molecule has 1 aromatic rings. The molecular formula is C16H16O3. The van der Waals surface area contributed by atoms with Gasteiger partial charge in [-0.3, -0.25) is 4.79 Å². The number of allylic oxidation sites excluding steroid dienone is 2. The summed E-state index contributed by atoms with van der Waals surface area (Å²) in [6, 6.07) is 8.85. The Morgan fingerprint density at radius 3 is 2.79 bits per heavy atom. The molecule has 0 bridgehead atoms. The highest BCUT2D eigenvalue weighted by Crippen LogP contribution is 2.21. The summed E-state index contributed by atoms with van der Waals surface area (Å²) in [6.07, 6.45) is 4.61. The summed E-state index contributed by atoms with van der Waals surface area (Å²) < 4.78 is 5.40. The summed E-state index contributed by atoms with van der Waals surface area (Å²) in [6.45, 7) is 3.62. The van der Waals surface area contributed by atoms with E-state index in [1.165, 1.54) is 0 Å². The zero-order valence-corrected chi connectivity index (χ0v) is 10.7. The Kier molecular flexibility index (Phi) is 4.29. The van der Waals surface area contributed by atoms with Gasteiger partial charge in [0.05, 0.1) is 5.56 Å². The van der Waals surface area contributed by atoms with Crippen LogP contribution in [0.4, 0.5) is 0 Å². The van der Waals surface area contributed by atoms with Gasteiger partial charge in [-0.1, -0.05) is 24.3 Å². The number of benzene rings is 1. The molecule has 0 N–H and O–H groups in total. The van der Waals surface area contributed by atoms with E-state index in [4.69, 9.17) is 4.74 Å². The van der Waals surface area contributed by atoms with Gasteiger partial charge in [-0.05, 0) is 36.6 Å². The Bertz CT molecular complexity index is 514. The summed E-state index contributed by atoms with van der Waals surface area (Å²) in [5.74, 6) is -0.235. The maximum absolute atomic E-state index is 11.9. The third-order valence-corrected chi connectivity index (χ3v) is 3.03. The highest BCUT2D eigenvalue weighted by atomic mass is 16.5. The summed E-state index contributed by atoms with van der Waals surface area (Å²) >= 11 is 0. The summed E-state index contributed by atoms with van der Waals surface area (Å²) in [7, 11) is 0. The molecule has 0 saturated heterocycles. The minimum absolute atomic E-state index is 0.118. The molecule has 0 fully saturated rings. The van der Waals surface area contributed by atoms with Crippen LogP contribution in [0.1, 0.15) is 29.6 Å². The van der Waals surface area contributed by atoms with Gasteiger partial charge < -0.3 is 4.74 Å². The smallest absolute Gasteiger partial charge is 0.338 e. The lowest BCUT2D eigenvalue weighted by molar-refractivity contribution is -0.116. The van der Waals surface area contributed by atoms with Crippen molar-refractivity contribution in [1.82, 2.24) is 0 Å². The van der Waals surface area contributed by atoms with Crippen LogP contribution in [0.2, 0.25) is 0 Å². The van der Waals surface area contributed by atoms with Crippen LogP contribution in [-0.4, -0.2) is 17.9 Å². The van der Waals surface area contributed by atoms with Crippen molar-refractivity contribution in [2.24, 2.45) is 0 Å². The quantitative estimate of drug-likeness (QED) is 0.614. The monoisotopic (exact) mass is 256 g/mol. The number of hydrogen-bond donors (Lipinski definition) is 0. The van der Waals surface area contributed by atoms with Crippen molar-refractivity contribution in [3.63, 3.8) is 0 Å². The van der Waals surface area contributed by atoms with Crippen LogP contribution >= 0.6 is 0 Å². The van der Waals surface area contributed by atoms with Gasteiger partial charge >= 0.3 is 5.97 Å². The van der Waals surface area contributed by atoms with Crippen LogP contribution < -0.4 is 0 Å². The molecule has 0 saturated carbocycles. The summed E-state index contributed by atoms with van der Waals surface area (Å²) in [5.41, 5.74) is 1.21. The second-order valence-electron chi connectivity index (χ2n) is 4.46. The number of esters is 1. The van der Waals surface area contributed by atoms with E-state index >= 15 is 0 Å². The van der Waals surface area contributed by atoms with E-state index < -0.39 is 0 Å². The molecule has 3 nitrogen and oxygen atoms in total. The lowest BCUT2D eigenvalue weighted by atomic mass is 9.94. The number of ketones is 1.